The quantitative estimate of drug-likeness (QED) is 0.855. The van der Waals surface area contributed by atoms with Crippen molar-refractivity contribution in [1.29, 1.82) is 0 Å². The molecule has 1 atom stereocenters. The first-order valence-corrected chi connectivity index (χ1v) is 5.59. The number of rotatable bonds is 4. The highest BCUT2D eigenvalue weighted by molar-refractivity contribution is 5.96. The Bertz CT molecular complexity index is 427. The van der Waals surface area contributed by atoms with E-state index < -0.39 is 5.91 Å². The summed E-state index contributed by atoms with van der Waals surface area (Å²) in [5.74, 6) is -0.819. The molecule has 0 bridgehead atoms. The average molecular weight is 234 g/mol. The van der Waals surface area contributed by atoms with Crippen molar-refractivity contribution in [3.63, 3.8) is 0 Å². The number of likely N-dealkylation sites (N-methyl/N-ethyl adjacent to an activating group) is 1. The van der Waals surface area contributed by atoms with Gasteiger partial charge in [0.15, 0.2) is 0 Å². The molecule has 92 valence electrons. The van der Waals surface area contributed by atoms with Crippen LogP contribution < -0.4 is 5.73 Å². The van der Waals surface area contributed by atoms with Gasteiger partial charge in [0.1, 0.15) is 0 Å². The second-order valence-electron chi connectivity index (χ2n) is 4.15. The first-order valence-electron chi connectivity index (χ1n) is 5.59. The summed E-state index contributed by atoms with van der Waals surface area (Å²) in [5.41, 5.74) is 6.45. The molecule has 2 N–H and O–H groups in total. The number of carbonyl (C=O) groups is 2. The number of carbonyl (C=O) groups excluding carboxylic acids is 2. The molecule has 0 radical (unpaired) electrons. The standard InChI is InChI=1S/C13H18N2O2/c1-4-9(13(17)15(2)3)10-7-5-6-8-11(10)12(14)16/h5-9H,4H2,1-3H3,(H2,14,16)/t9-/m0/s1. The summed E-state index contributed by atoms with van der Waals surface area (Å²) >= 11 is 0. The van der Waals surface area contributed by atoms with Gasteiger partial charge in [-0.3, -0.25) is 9.59 Å². The Kier molecular flexibility index (Phi) is 4.26. The number of nitrogens with zero attached hydrogens (tertiary/aromatic N) is 1. The molecule has 1 rings (SSSR count). The number of hydrogen-bond donors (Lipinski definition) is 1. The zero-order valence-corrected chi connectivity index (χ0v) is 10.4. The van der Waals surface area contributed by atoms with E-state index >= 15 is 0 Å². The summed E-state index contributed by atoms with van der Waals surface area (Å²) < 4.78 is 0. The monoisotopic (exact) mass is 234 g/mol. The second-order valence-corrected chi connectivity index (χ2v) is 4.15. The molecule has 0 fully saturated rings. The van der Waals surface area contributed by atoms with Gasteiger partial charge in [-0.2, -0.15) is 0 Å². The van der Waals surface area contributed by atoms with Crippen molar-refractivity contribution >= 4 is 11.8 Å². The molecule has 0 aliphatic carbocycles. The lowest BCUT2D eigenvalue weighted by molar-refractivity contribution is -0.130. The Labute approximate surface area is 101 Å². The van der Waals surface area contributed by atoms with Crippen molar-refractivity contribution in [2.24, 2.45) is 5.73 Å². The molecule has 1 aromatic carbocycles. The fourth-order valence-corrected chi connectivity index (χ4v) is 1.86. The molecule has 0 unspecified atom stereocenters. The Morgan fingerprint density at radius 2 is 1.88 bits per heavy atom. The minimum atomic E-state index is -0.495. The maximum atomic E-state index is 12.0. The largest absolute Gasteiger partial charge is 0.366 e. The van der Waals surface area contributed by atoms with Gasteiger partial charge < -0.3 is 10.6 Å². The van der Waals surface area contributed by atoms with Crippen LogP contribution in [0.4, 0.5) is 0 Å². The number of hydrogen-bond acceptors (Lipinski definition) is 2. The van der Waals surface area contributed by atoms with Gasteiger partial charge in [-0.15, -0.1) is 0 Å². The molecular formula is C13H18N2O2. The van der Waals surface area contributed by atoms with Crippen molar-refractivity contribution in [3.8, 4) is 0 Å². The highest BCUT2D eigenvalue weighted by atomic mass is 16.2. The van der Waals surface area contributed by atoms with Gasteiger partial charge in [0, 0.05) is 19.7 Å². The highest BCUT2D eigenvalue weighted by Gasteiger charge is 2.23. The van der Waals surface area contributed by atoms with E-state index in [4.69, 9.17) is 5.73 Å². The number of benzene rings is 1. The van der Waals surface area contributed by atoms with E-state index in [1.165, 1.54) is 4.90 Å². The van der Waals surface area contributed by atoms with Gasteiger partial charge in [-0.25, -0.2) is 0 Å². The summed E-state index contributed by atoms with van der Waals surface area (Å²) in [6, 6.07) is 7.00. The van der Waals surface area contributed by atoms with Gasteiger partial charge in [0.2, 0.25) is 11.8 Å². The fourth-order valence-electron chi connectivity index (χ4n) is 1.86. The fraction of sp³-hybridized carbons (Fsp3) is 0.385. The van der Waals surface area contributed by atoms with Gasteiger partial charge in [-0.1, -0.05) is 25.1 Å². The summed E-state index contributed by atoms with van der Waals surface area (Å²) in [7, 11) is 3.41. The van der Waals surface area contributed by atoms with Crippen molar-refractivity contribution < 1.29 is 9.59 Å². The van der Waals surface area contributed by atoms with Crippen LogP contribution in [0.2, 0.25) is 0 Å². The van der Waals surface area contributed by atoms with Crippen LogP contribution in [0, 0.1) is 0 Å². The zero-order chi connectivity index (χ0) is 13.0. The van der Waals surface area contributed by atoms with Crippen molar-refractivity contribution in [3.05, 3.63) is 35.4 Å². The van der Waals surface area contributed by atoms with E-state index in [1.807, 2.05) is 13.0 Å². The van der Waals surface area contributed by atoms with Crippen molar-refractivity contribution in [1.82, 2.24) is 4.90 Å². The van der Waals surface area contributed by atoms with E-state index in [0.29, 0.717) is 17.5 Å². The topological polar surface area (TPSA) is 63.4 Å². The van der Waals surface area contributed by atoms with Gasteiger partial charge in [-0.05, 0) is 18.1 Å². The molecular weight excluding hydrogens is 216 g/mol. The molecule has 0 heterocycles. The Morgan fingerprint density at radius 1 is 1.29 bits per heavy atom. The van der Waals surface area contributed by atoms with Crippen LogP contribution in [0.1, 0.15) is 35.2 Å². The van der Waals surface area contributed by atoms with Gasteiger partial charge >= 0.3 is 0 Å². The third-order valence-electron chi connectivity index (χ3n) is 2.75. The first-order chi connectivity index (χ1) is 7.99. The molecule has 0 aliphatic rings. The molecule has 0 saturated heterocycles. The van der Waals surface area contributed by atoms with E-state index in [9.17, 15) is 9.59 Å². The van der Waals surface area contributed by atoms with E-state index in [1.54, 1.807) is 32.3 Å². The summed E-state index contributed by atoms with van der Waals surface area (Å²) in [6.07, 6.45) is 0.640. The van der Waals surface area contributed by atoms with Crippen LogP contribution in [-0.4, -0.2) is 30.8 Å². The molecule has 2 amide bonds. The predicted molar refractivity (Wildman–Crippen MR) is 66.7 cm³/mol. The summed E-state index contributed by atoms with van der Waals surface area (Å²) in [6.45, 7) is 1.92. The third kappa shape index (κ3) is 2.84. The maximum Gasteiger partial charge on any atom is 0.249 e. The maximum absolute atomic E-state index is 12.0. The molecule has 0 aliphatic heterocycles. The molecule has 0 saturated carbocycles. The second kappa shape index (κ2) is 5.48. The molecule has 4 heteroatoms. The molecule has 0 spiro atoms. The minimum absolute atomic E-state index is 0.0128. The summed E-state index contributed by atoms with van der Waals surface area (Å²) in [4.78, 5) is 24.9. The average Bonchev–Trinajstić information content (AvgIpc) is 2.30. The Balaban J connectivity index is 3.21. The van der Waals surface area contributed by atoms with Crippen LogP contribution in [0.3, 0.4) is 0 Å². The third-order valence-corrected chi connectivity index (χ3v) is 2.75. The molecule has 0 aromatic heterocycles. The van der Waals surface area contributed by atoms with E-state index in [-0.39, 0.29) is 11.8 Å². The predicted octanol–water partition coefficient (Wildman–Crippen LogP) is 1.37. The molecule has 17 heavy (non-hydrogen) atoms. The van der Waals surface area contributed by atoms with Crippen molar-refractivity contribution in [2.45, 2.75) is 19.3 Å². The number of amides is 2. The highest BCUT2D eigenvalue weighted by Crippen LogP contribution is 2.24. The van der Waals surface area contributed by atoms with Gasteiger partial charge in [0.05, 0.1) is 5.92 Å². The van der Waals surface area contributed by atoms with Crippen LogP contribution in [-0.2, 0) is 4.79 Å². The van der Waals surface area contributed by atoms with Crippen LogP contribution in [0.5, 0.6) is 0 Å². The Hall–Kier alpha value is -1.84. The zero-order valence-electron chi connectivity index (χ0n) is 10.4. The minimum Gasteiger partial charge on any atom is -0.366 e. The van der Waals surface area contributed by atoms with Crippen LogP contribution >= 0.6 is 0 Å². The van der Waals surface area contributed by atoms with Crippen LogP contribution in [0.25, 0.3) is 0 Å². The first kappa shape index (κ1) is 13.2. The van der Waals surface area contributed by atoms with E-state index in [0.717, 1.165) is 0 Å². The lowest BCUT2D eigenvalue weighted by atomic mass is 9.90. The SMILES string of the molecule is CC[C@H](C(=O)N(C)C)c1ccccc1C(N)=O. The van der Waals surface area contributed by atoms with E-state index in [2.05, 4.69) is 0 Å². The summed E-state index contributed by atoms with van der Waals surface area (Å²) in [5, 5.41) is 0. The molecule has 4 nitrogen and oxygen atoms in total. The number of primary amides is 1. The normalized spacial score (nSPS) is 11.9. The lowest BCUT2D eigenvalue weighted by Gasteiger charge is -2.21. The smallest absolute Gasteiger partial charge is 0.249 e. The Morgan fingerprint density at radius 3 is 2.35 bits per heavy atom. The van der Waals surface area contributed by atoms with Gasteiger partial charge in [0.25, 0.3) is 0 Å². The molecule has 1 aromatic rings. The van der Waals surface area contributed by atoms with Crippen LogP contribution in [0.15, 0.2) is 24.3 Å². The lowest BCUT2D eigenvalue weighted by Crippen LogP contribution is -2.29. The van der Waals surface area contributed by atoms with Crippen molar-refractivity contribution in [2.75, 3.05) is 14.1 Å². The number of nitrogens with two attached hydrogens (primary N) is 1.